The molecule has 0 amide bonds. The molecule has 0 spiro atoms. The van der Waals surface area contributed by atoms with E-state index in [-0.39, 0.29) is 23.6 Å². The van der Waals surface area contributed by atoms with Crippen molar-refractivity contribution >= 4 is 23.2 Å². The van der Waals surface area contributed by atoms with Crippen LogP contribution in [0.3, 0.4) is 0 Å². The summed E-state index contributed by atoms with van der Waals surface area (Å²) in [7, 11) is 1.84. The van der Waals surface area contributed by atoms with Crippen molar-refractivity contribution in [3.63, 3.8) is 0 Å². The first-order valence-corrected chi connectivity index (χ1v) is 10.6. The molecule has 8 nitrogen and oxygen atoms in total. The average molecular weight is 469 g/mol. The van der Waals surface area contributed by atoms with Gasteiger partial charge in [-0.3, -0.25) is 9.48 Å². The summed E-state index contributed by atoms with van der Waals surface area (Å²) in [5, 5.41) is 16.8. The summed E-state index contributed by atoms with van der Waals surface area (Å²) in [5.41, 5.74) is 3.12. The first-order valence-electron chi connectivity index (χ1n) is 10.2. The number of anilines is 2. The molecule has 3 aromatic heterocycles. The van der Waals surface area contributed by atoms with Gasteiger partial charge in [0.15, 0.2) is 0 Å². The number of nitrogens with one attached hydrogen (secondary N) is 1. The van der Waals surface area contributed by atoms with Gasteiger partial charge in [-0.1, -0.05) is 17.7 Å². The summed E-state index contributed by atoms with van der Waals surface area (Å²) in [6.45, 7) is 1.76. The molecule has 2 N–H and O–H groups in total. The molecule has 33 heavy (non-hydrogen) atoms. The van der Waals surface area contributed by atoms with Gasteiger partial charge < -0.3 is 15.0 Å². The maximum Gasteiger partial charge on any atom is 0.251 e. The third-order valence-corrected chi connectivity index (χ3v) is 5.75. The highest BCUT2D eigenvalue weighted by Gasteiger charge is 2.17. The van der Waals surface area contributed by atoms with Crippen LogP contribution in [0.15, 0.2) is 59.8 Å². The lowest BCUT2D eigenvalue weighted by atomic mass is 10.0. The maximum atomic E-state index is 14.0. The number of hydrogen-bond donors (Lipinski definition) is 2. The van der Waals surface area contributed by atoms with E-state index in [1.165, 1.54) is 22.8 Å². The van der Waals surface area contributed by atoms with E-state index >= 15 is 0 Å². The minimum atomic E-state index is -0.577. The molecule has 0 fully saturated rings. The number of aromatic nitrogens is 5. The molecule has 4 aromatic rings. The molecule has 1 atom stereocenters. The molecule has 170 valence electrons. The summed E-state index contributed by atoms with van der Waals surface area (Å²) in [5.74, 6) is -0.200. The number of halogens is 2. The monoisotopic (exact) mass is 468 g/mol. The van der Waals surface area contributed by atoms with Gasteiger partial charge in [0, 0.05) is 37.7 Å². The Bertz CT molecular complexity index is 1350. The second-order valence-electron chi connectivity index (χ2n) is 7.52. The Morgan fingerprint density at radius 1 is 1.24 bits per heavy atom. The molecule has 1 aromatic carbocycles. The standard InChI is InChI=1S/C23H22ClFN6O2/c1-14-20(13-27-30(14)2)29-23-26-8-5-19(28-23)15-6-9-31(22(33)12-15)21(7-10-32)16-3-4-17(24)18(25)11-16/h3-6,8-9,11-13,21,32H,7,10H2,1-2H3,(H,26,28,29)/t21-/m1/s1. The first kappa shape index (κ1) is 22.6. The topological polar surface area (TPSA) is 97.9 Å². The number of pyridine rings is 1. The van der Waals surface area contributed by atoms with Crippen molar-refractivity contribution in [2.24, 2.45) is 7.05 Å². The summed E-state index contributed by atoms with van der Waals surface area (Å²) in [4.78, 5) is 21.7. The number of benzene rings is 1. The lowest BCUT2D eigenvalue weighted by Crippen LogP contribution is -2.25. The Hall–Kier alpha value is -3.56. The largest absolute Gasteiger partial charge is 0.396 e. The fraction of sp³-hybridized carbons (Fsp3) is 0.217. The number of aryl methyl sites for hydroxylation is 1. The van der Waals surface area contributed by atoms with Crippen molar-refractivity contribution in [1.29, 1.82) is 0 Å². The predicted molar refractivity (Wildman–Crippen MR) is 124 cm³/mol. The molecule has 0 saturated heterocycles. The molecule has 0 saturated carbocycles. The summed E-state index contributed by atoms with van der Waals surface area (Å²) < 4.78 is 17.2. The van der Waals surface area contributed by atoms with Crippen molar-refractivity contribution in [2.45, 2.75) is 19.4 Å². The van der Waals surface area contributed by atoms with Crippen LogP contribution in [-0.4, -0.2) is 36.0 Å². The van der Waals surface area contributed by atoms with Gasteiger partial charge in [-0.15, -0.1) is 0 Å². The average Bonchev–Trinajstić information content (AvgIpc) is 3.12. The summed E-state index contributed by atoms with van der Waals surface area (Å²) in [6.07, 6.45) is 5.15. The summed E-state index contributed by atoms with van der Waals surface area (Å²) >= 11 is 5.79. The fourth-order valence-electron chi connectivity index (χ4n) is 3.54. The Morgan fingerprint density at radius 2 is 2.06 bits per heavy atom. The molecular formula is C23H22ClFN6O2. The number of aliphatic hydroxyl groups is 1. The van der Waals surface area contributed by atoms with E-state index in [2.05, 4.69) is 20.4 Å². The van der Waals surface area contributed by atoms with Crippen molar-refractivity contribution in [1.82, 2.24) is 24.3 Å². The molecule has 0 aliphatic rings. The highest BCUT2D eigenvalue weighted by Crippen LogP contribution is 2.26. The molecule has 0 aliphatic carbocycles. The van der Waals surface area contributed by atoms with E-state index in [0.29, 0.717) is 22.8 Å². The van der Waals surface area contributed by atoms with Gasteiger partial charge in [0.1, 0.15) is 5.82 Å². The minimum Gasteiger partial charge on any atom is -0.396 e. The van der Waals surface area contributed by atoms with Gasteiger partial charge in [0.25, 0.3) is 5.56 Å². The Kier molecular flexibility index (Phi) is 6.52. The lowest BCUT2D eigenvalue weighted by molar-refractivity contribution is 0.266. The molecule has 0 bridgehead atoms. The van der Waals surface area contributed by atoms with Crippen LogP contribution in [0.5, 0.6) is 0 Å². The normalized spacial score (nSPS) is 12.0. The van der Waals surface area contributed by atoms with E-state index in [0.717, 1.165) is 11.4 Å². The molecule has 0 aliphatic heterocycles. The second kappa shape index (κ2) is 9.51. The first-order chi connectivity index (χ1) is 15.9. The molecule has 0 unspecified atom stereocenters. The third-order valence-electron chi connectivity index (χ3n) is 5.45. The molecule has 4 rings (SSSR count). The molecule has 0 radical (unpaired) electrons. The highest BCUT2D eigenvalue weighted by atomic mass is 35.5. The number of nitrogens with zero attached hydrogens (tertiary/aromatic N) is 5. The van der Waals surface area contributed by atoms with E-state index in [9.17, 15) is 14.3 Å². The van der Waals surface area contributed by atoms with Crippen LogP contribution in [-0.2, 0) is 7.05 Å². The number of rotatable bonds is 7. The van der Waals surface area contributed by atoms with Crippen molar-refractivity contribution in [3.05, 3.63) is 87.4 Å². The smallest absolute Gasteiger partial charge is 0.251 e. The van der Waals surface area contributed by atoms with E-state index in [4.69, 9.17) is 11.6 Å². The van der Waals surface area contributed by atoms with Crippen LogP contribution in [0.25, 0.3) is 11.3 Å². The lowest BCUT2D eigenvalue weighted by Gasteiger charge is -2.20. The van der Waals surface area contributed by atoms with Gasteiger partial charge in [0.05, 0.1) is 34.3 Å². The van der Waals surface area contributed by atoms with E-state index in [1.807, 2.05) is 14.0 Å². The third kappa shape index (κ3) is 4.79. The zero-order chi connectivity index (χ0) is 23.5. The SMILES string of the molecule is Cc1c(Nc2nccc(-c3ccn([C@H](CCO)c4ccc(Cl)c(F)c4)c(=O)c3)n2)cnn1C. The molecule has 3 heterocycles. The Balaban J connectivity index is 1.65. The van der Waals surface area contributed by atoms with Crippen LogP contribution in [0.1, 0.15) is 23.7 Å². The Morgan fingerprint density at radius 3 is 2.73 bits per heavy atom. The number of hydrogen-bond acceptors (Lipinski definition) is 6. The van der Waals surface area contributed by atoms with E-state index in [1.54, 1.807) is 41.5 Å². The van der Waals surface area contributed by atoms with Crippen LogP contribution in [0.2, 0.25) is 5.02 Å². The van der Waals surface area contributed by atoms with Crippen molar-refractivity contribution in [2.75, 3.05) is 11.9 Å². The Labute approximate surface area is 194 Å². The van der Waals surface area contributed by atoms with Gasteiger partial charge in [0.2, 0.25) is 5.95 Å². The quantitative estimate of drug-likeness (QED) is 0.427. The molecular weight excluding hydrogens is 447 g/mol. The number of aliphatic hydroxyl groups excluding tert-OH is 1. The van der Waals surface area contributed by atoms with Crippen LogP contribution in [0, 0.1) is 12.7 Å². The van der Waals surface area contributed by atoms with Crippen molar-refractivity contribution in [3.8, 4) is 11.3 Å². The van der Waals surface area contributed by atoms with Crippen LogP contribution < -0.4 is 10.9 Å². The zero-order valence-electron chi connectivity index (χ0n) is 18.0. The van der Waals surface area contributed by atoms with Gasteiger partial charge in [-0.25, -0.2) is 14.4 Å². The van der Waals surface area contributed by atoms with Gasteiger partial charge in [-0.05, 0) is 43.2 Å². The van der Waals surface area contributed by atoms with E-state index < -0.39 is 11.9 Å². The van der Waals surface area contributed by atoms with Crippen LogP contribution in [0.4, 0.5) is 16.0 Å². The second-order valence-corrected chi connectivity index (χ2v) is 7.93. The zero-order valence-corrected chi connectivity index (χ0v) is 18.8. The van der Waals surface area contributed by atoms with Crippen LogP contribution >= 0.6 is 11.6 Å². The summed E-state index contributed by atoms with van der Waals surface area (Å²) in [6, 6.07) is 8.74. The highest BCUT2D eigenvalue weighted by molar-refractivity contribution is 6.30. The molecule has 10 heteroatoms. The predicted octanol–water partition coefficient (Wildman–Crippen LogP) is 3.86. The van der Waals surface area contributed by atoms with Gasteiger partial charge >= 0.3 is 0 Å². The van der Waals surface area contributed by atoms with Crippen molar-refractivity contribution < 1.29 is 9.50 Å². The fourth-order valence-corrected chi connectivity index (χ4v) is 3.65. The maximum absolute atomic E-state index is 14.0. The minimum absolute atomic E-state index is 0.00107. The van der Waals surface area contributed by atoms with Gasteiger partial charge in [-0.2, -0.15) is 5.10 Å².